The van der Waals surface area contributed by atoms with Gasteiger partial charge in [0.05, 0.1) is 5.56 Å². The number of nitrogens with one attached hydrogen (secondary N) is 1. The molecular formula is C19H24N6O2. The molecule has 1 N–H and O–H groups in total. The van der Waals surface area contributed by atoms with E-state index >= 15 is 0 Å². The highest BCUT2D eigenvalue weighted by molar-refractivity contribution is 5.93. The van der Waals surface area contributed by atoms with Crippen molar-refractivity contribution in [1.82, 2.24) is 30.0 Å². The Bertz CT molecular complexity index is 777. The van der Waals surface area contributed by atoms with Crippen LogP contribution < -0.4 is 5.32 Å². The van der Waals surface area contributed by atoms with E-state index in [-0.39, 0.29) is 18.4 Å². The second kappa shape index (κ2) is 7.85. The highest BCUT2D eigenvalue weighted by Gasteiger charge is 2.25. The molecule has 27 heavy (non-hydrogen) atoms. The maximum absolute atomic E-state index is 12.3. The van der Waals surface area contributed by atoms with Crippen LogP contribution in [0.1, 0.15) is 47.7 Å². The molecule has 0 bridgehead atoms. The first-order chi connectivity index (χ1) is 13.2. The average molecular weight is 368 g/mol. The zero-order valence-corrected chi connectivity index (χ0v) is 15.3. The number of pyridine rings is 1. The third kappa shape index (κ3) is 4.50. The molecule has 142 valence electrons. The van der Waals surface area contributed by atoms with E-state index in [0.717, 1.165) is 25.1 Å². The zero-order valence-electron chi connectivity index (χ0n) is 15.3. The van der Waals surface area contributed by atoms with E-state index in [2.05, 4.69) is 20.4 Å². The lowest BCUT2D eigenvalue weighted by Crippen LogP contribution is -2.40. The molecule has 0 spiro atoms. The second-order valence-corrected chi connectivity index (χ2v) is 7.37. The average Bonchev–Trinajstić information content (AvgIpc) is 3.41. The van der Waals surface area contributed by atoms with Crippen molar-refractivity contribution in [3.8, 4) is 0 Å². The van der Waals surface area contributed by atoms with E-state index in [1.807, 2.05) is 17.0 Å². The Hall–Kier alpha value is -2.77. The number of rotatable bonds is 6. The van der Waals surface area contributed by atoms with Crippen molar-refractivity contribution < 1.29 is 9.59 Å². The summed E-state index contributed by atoms with van der Waals surface area (Å²) in [4.78, 5) is 34.7. The minimum Gasteiger partial charge on any atom is -0.352 e. The molecule has 1 aliphatic heterocycles. The second-order valence-electron chi connectivity index (χ2n) is 7.37. The van der Waals surface area contributed by atoms with Gasteiger partial charge in [0.2, 0.25) is 5.91 Å². The van der Waals surface area contributed by atoms with E-state index in [1.165, 1.54) is 19.2 Å². The van der Waals surface area contributed by atoms with Crippen LogP contribution in [-0.4, -0.2) is 56.1 Å². The molecule has 0 radical (unpaired) electrons. The highest BCUT2D eigenvalue weighted by Crippen LogP contribution is 2.28. The number of hydrogen-bond donors (Lipinski definition) is 1. The Kier molecular flexibility index (Phi) is 5.13. The van der Waals surface area contributed by atoms with Crippen LogP contribution in [0.2, 0.25) is 0 Å². The van der Waals surface area contributed by atoms with Gasteiger partial charge in [0.15, 0.2) is 0 Å². The van der Waals surface area contributed by atoms with Crippen molar-refractivity contribution in [2.24, 2.45) is 5.92 Å². The Labute approximate surface area is 158 Å². The van der Waals surface area contributed by atoms with E-state index in [1.54, 1.807) is 17.2 Å². The van der Waals surface area contributed by atoms with Crippen molar-refractivity contribution in [1.29, 1.82) is 0 Å². The van der Waals surface area contributed by atoms with Crippen molar-refractivity contribution in [3.05, 3.63) is 42.2 Å². The minimum absolute atomic E-state index is 0.0468. The summed E-state index contributed by atoms with van der Waals surface area (Å²) in [6.07, 6.45) is 8.85. The number of carbonyl (C=O) groups is 2. The zero-order chi connectivity index (χ0) is 18.6. The number of amides is 2. The molecule has 0 atom stereocenters. The summed E-state index contributed by atoms with van der Waals surface area (Å²) in [5, 5.41) is 6.94. The molecule has 1 saturated heterocycles. The molecule has 8 heteroatoms. The largest absolute Gasteiger partial charge is 0.352 e. The summed E-state index contributed by atoms with van der Waals surface area (Å²) in [7, 11) is 0. The van der Waals surface area contributed by atoms with Gasteiger partial charge in [0, 0.05) is 37.4 Å². The van der Waals surface area contributed by atoms with E-state index in [0.29, 0.717) is 30.5 Å². The fourth-order valence-electron chi connectivity index (χ4n) is 3.42. The van der Waals surface area contributed by atoms with Gasteiger partial charge in [-0.3, -0.25) is 14.6 Å². The summed E-state index contributed by atoms with van der Waals surface area (Å²) < 4.78 is 1.54. The van der Waals surface area contributed by atoms with Gasteiger partial charge in [-0.05, 0) is 43.7 Å². The third-order valence-electron chi connectivity index (χ3n) is 5.33. The van der Waals surface area contributed by atoms with Crippen LogP contribution in [0.5, 0.6) is 0 Å². The first-order valence-corrected chi connectivity index (χ1v) is 9.53. The number of carbonyl (C=O) groups excluding carboxylic acids is 2. The fraction of sp³-hybridized carbons (Fsp3) is 0.526. The Morgan fingerprint density at radius 2 is 1.96 bits per heavy atom. The normalized spacial score (nSPS) is 17.7. The molecule has 8 nitrogen and oxygen atoms in total. The first-order valence-electron chi connectivity index (χ1n) is 9.53. The number of piperidine rings is 1. The van der Waals surface area contributed by atoms with Crippen LogP contribution in [0.25, 0.3) is 0 Å². The van der Waals surface area contributed by atoms with E-state index in [4.69, 9.17) is 0 Å². The quantitative estimate of drug-likeness (QED) is 0.827. The van der Waals surface area contributed by atoms with Gasteiger partial charge in [-0.15, -0.1) is 0 Å². The van der Waals surface area contributed by atoms with Gasteiger partial charge in [0.25, 0.3) is 5.91 Å². The molecule has 2 aromatic heterocycles. The number of hydrogen-bond acceptors (Lipinski definition) is 5. The fourth-order valence-corrected chi connectivity index (χ4v) is 3.42. The van der Waals surface area contributed by atoms with Gasteiger partial charge in [-0.1, -0.05) is 0 Å². The van der Waals surface area contributed by atoms with Crippen LogP contribution in [0.15, 0.2) is 31.0 Å². The van der Waals surface area contributed by atoms with Crippen LogP contribution in [0.4, 0.5) is 0 Å². The molecule has 0 unspecified atom stereocenters. The van der Waals surface area contributed by atoms with Gasteiger partial charge in [-0.2, -0.15) is 5.10 Å². The van der Waals surface area contributed by atoms with Crippen LogP contribution in [0.3, 0.4) is 0 Å². The smallest absolute Gasteiger partial charge is 0.252 e. The molecule has 1 aliphatic carbocycles. The predicted octanol–water partition coefficient (Wildman–Crippen LogP) is 1.22. The van der Waals surface area contributed by atoms with E-state index < -0.39 is 0 Å². The molecule has 4 rings (SSSR count). The van der Waals surface area contributed by atoms with Crippen molar-refractivity contribution in [2.75, 3.05) is 19.6 Å². The molecule has 2 aromatic rings. The third-order valence-corrected chi connectivity index (χ3v) is 5.33. The summed E-state index contributed by atoms with van der Waals surface area (Å²) in [5.41, 5.74) is 1.61. The lowest BCUT2D eigenvalue weighted by Gasteiger charge is -2.31. The Balaban J connectivity index is 1.27. The number of likely N-dealkylation sites (tertiary alicyclic amines) is 1. The summed E-state index contributed by atoms with van der Waals surface area (Å²) in [5.74, 6) is 1.01. The lowest BCUT2D eigenvalue weighted by atomic mass is 9.92. The Morgan fingerprint density at radius 1 is 1.15 bits per heavy atom. The molecule has 0 aromatic carbocycles. The van der Waals surface area contributed by atoms with Gasteiger partial charge in [0.1, 0.15) is 19.2 Å². The highest BCUT2D eigenvalue weighted by atomic mass is 16.2. The number of aromatic nitrogens is 4. The molecule has 3 heterocycles. The molecule has 2 aliphatic rings. The topological polar surface area (TPSA) is 93.0 Å². The van der Waals surface area contributed by atoms with Gasteiger partial charge < -0.3 is 10.2 Å². The maximum Gasteiger partial charge on any atom is 0.252 e. The Morgan fingerprint density at radius 3 is 2.59 bits per heavy atom. The molecule has 2 fully saturated rings. The monoisotopic (exact) mass is 368 g/mol. The van der Waals surface area contributed by atoms with Crippen molar-refractivity contribution in [2.45, 2.75) is 38.1 Å². The minimum atomic E-state index is -0.0468. The predicted molar refractivity (Wildman–Crippen MR) is 97.9 cm³/mol. The van der Waals surface area contributed by atoms with Gasteiger partial charge >= 0.3 is 0 Å². The SMILES string of the molecule is O=C(NCC1CC1)c1ccc(C2CCN(C(=O)Cn3cncn3)CC2)nc1. The molecule has 1 saturated carbocycles. The maximum atomic E-state index is 12.3. The van der Waals surface area contributed by atoms with E-state index in [9.17, 15) is 9.59 Å². The van der Waals surface area contributed by atoms with Crippen LogP contribution in [0, 0.1) is 5.92 Å². The van der Waals surface area contributed by atoms with Crippen LogP contribution >= 0.6 is 0 Å². The lowest BCUT2D eigenvalue weighted by molar-refractivity contribution is -0.133. The van der Waals surface area contributed by atoms with Crippen molar-refractivity contribution in [3.63, 3.8) is 0 Å². The van der Waals surface area contributed by atoms with Gasteiger partial charge in [-0.25, -0.2) is 9.67 Å². The van der Waals surface area contributed by atoms with Crippen LogP contribution in [-0.2, 0) is 11.3 Å². The number of nitrogens with zero attached hydrogens (tertiary/aromatic N) is 5. The first kappa shape index (κ1) is 17.6. The van der Waals surface area contributed by atoms with Crippen molar-refractivity contribution >= 4 is 11.8 Å². The summed E-state index contributed by atoms with van der Waals surface area (Å²) in [6.45, 7) is 2.42. The molecule has 2 amide bonds. The standard InChI is InChI=1S/C19H24N6O2/c26-18(11-25-13-20-12-23-25)24-7-5-15(6-8-24)17-4-3-16(10-21-17)19(27)22-9-14-1-2-14/h3-4,10,12-15H,1-2,5-9,11H2,(H,22,27). The molecular weight excluding hydrogens is 344 g/mol. The summed E-state index contributed by atoms with van der Waals surface area (Å²) >= 11 is 0. The summed E-state index contributed by atoms with van der Waals surface area (Å²) in [6, 6.07) is 3.80.